The monoisotopic (exact) mass is 339 g/mol. The third-order valence-corrected chi connectivity index (χ3v) is 3.60. The largest absolute Gasteiger partial charge is 0.497 e. The quantitative estimate of drug-likeness (QED) is 0.756. The van der Waals surface area contributed by atoms with E-state index in [4.69, 9.17) is 4.74 Å². The van der Waals surface area contributed by atoms with Crippen LogP contribution in [0.5, 0.6) is 5.75 Å². The van der Waals surface area contributed by atoms with Gasteiger partial charge in [0.25, 0.3) is 0 Å². The molecule has 0 bridgehead atoms. The Hall–Kier alpha value is -3.42. The van der Waals surface area contributed by atoms with Gasteiger partial charge in [-0.15, -0.1) is 5.10 Å². The number of methoxy groups -OCH3 is 1. The first-order valence-electron chi connectivity index (χ1n) is 7.57. The number of ether oxygens (including phenoxy) is 1. The van der Waals surface area contributed by atoms with Crippen molar-refractivity contribution in [1.82, 2.24) is 19.3 Å². The summed E-state index contributed by atoms with van der Waals surface area (Å²) in [5.74, 6) is 0.750. The Balaban J connectivity index is 1.76. The topological polar surface area (TPSA) is 91.0 Å². The molecule has 0 spiro atoms. The number of carbonyl (C=O) groups excluding carboxylic acids is 1. The van der Waals surface area contributed by atoms with Crippen molar-refractivity contribution in [2.45, 2.75) is 6.54 Å². The van der Waals surface area contributed by atoms with E-state index < -0.39 is 0 Å². The molecule has 3 aromatic rings. The first-order valence-corrected chi connectivity index (χ1v) is 7.57. The molecule has 8 heteroatoms. The highest BCUT2D eigenvalue weighted by atomic mass is 16.5. The number of nitrogens with zero attached hydrogens (tertiary/aromatic N) is 4. The number of anilines is 1. The Kier molecular flexibility index (Phi) is 4.60. The average molecular weight is 339 g/mol. The van der Waals surface area contributed by atoms with Crippen LogP contribution in [0.15, 0.2) is 53.5 Å². The summed E-state index contributed by atoms with van der Waals surface area (Å²) in [6.07, 6.45) is 1.62. The molecular weight excluding hydrogens is 322 g/mol. The molecule has 0 fully saturated rings. The van der Waals surface area contributed by atoms with Crippen LogP contribution < -0.4 is 15.7 Å². The zero-order valence-corrected chi connectivity index (χ0v) is 13.8. The van der Waals surface area contributed by atoms with Crippen LogP contribution in [0.2, 0.25) is 0 Å². The van der Waals surface area contributed by atoms with E-state index in [9.17, 15) is 9.59 Å². The predicted molar refractivity (Wildman–Crippen MR) is 92.3 cm³/mol. The molecule has 2 heterocycles. The molecule has 128 valence electrons. The van der Waals surface area contributed by atoms with Gasteiger partial charge in [0.1, 0.15) is 18.0 Å². The van der Waals surface area contributed by atoms with Crippen LogP contribution in [0.4, 0.5) is 5.69 Å². The lowest BCUT2D eigenvalue weighted by atomic mass is 10.3. The third-order valence-electron chi connectivity index (χ3n) is 3.60. The van der Waals surface area contributed by atoms with Gasteiger partial charge in [0.15, 0.2) is 5.82 Å². The van der Waals surface area contributed by atoms with Gasteiger partial charge >= 0.3 is 5.69 Å². The van der Waals surface area contributed by atoms with Crippen molar-refractivity contribution in [2.24, 2.45) is 7.05 Å². The number of hydrogen-bond acceptors (Lipinski definition) is 5. The second kappa shape index (κ2) is 7.00. The van der Waals surface area contributed by atoms with Crippen molar-refractivity contribution >= 4 is 11.6 Å². The summed E-state index contributed by atoms with van der Waals surface area (Å²) in [7, 11) is 3.16. The van der Waals surface area contributed by atoms with E-state index in [0.29, 0.717) is 23.0 Å². The Bertz CT molecular complexity index is 929. The van der Waals surface area contributed by atoms with Gasteiger partial charge in [0, 0.05) is 18.9 Å². The normalized spacial score (nSPS) is 10.5. The Morgan fingerprint density at radius 2 is 1.96 bits per heavy atom. The van der Waals surface area contributed by atoms with Crippen molar-refractivity contribution in [3.8, 4) is 17.3 Å². The fourth-order valence-corrected chi connectivity index (χ4v) is 2.32. The molecule has 25 heavy (non-hydrogen) atoms. The Morgan fingerprint density at radius 3 is 2.60 bits per heavy atom. The van der Waals surface area contributed by atoms with Gasteiger partial charge in [-0.05, 0) is 36.4 Å². The molecule has 0 saturated heterocycles. The number of benzene rings is 1. The zero-order chi connectivity index (χ0) is 17.8. The number of hydrogen-bond donors (Lipinski definition) is 1. The molecule has 0 aliphatic rings. The maximum Gasteiger partial charge on any atom is 0.346 e. The van der Waals surface area contributed by atoms with Crippen molar-refractivity contribution in [3.05, 3.63) is 59.1 Å². The highest BCUT2D eigenvalue weighted by Gasteiger charge is 2.15. The zero-order valence-electron chi connectivity index (χ0n) is 13.8. The molecule has 0 saturated carbocycles. The SMILES string of the molecule is COc1ccc(NC(=O)Cn2nc(-c3ccccn3)n(C)c2=O)cc1. The molecule has 3 rings (SSSR count). The molecule has 0 unspecified atom stereocenters. The first-order chi connectivity index (χ1) is 12.1. The van der Waals surface area contributed by atoms with Crippen LogP contribution in [0.25, 0.3) is 11.5 Å². The van der Waals surface area contributed by atoms with Crippen LogP contribution in [-0.4, -0.2) is 32.3 Å². The second-order valence-corrected chi connectivity index (χ2v) is 5.31. The maximum atomic E-state index is 12.3. The first kappa shape index (κ1) is 16.4. The number of rotatable bonds is 5. The van der Waals surface area contributed by atoms with Gasteiger partial charge in [-0.2, -0.15) is 0 Å². The van der Waals surface area contributed by atoms with Gasteiger partial charge < -0.3 is 10.1 Å². The van der Waals surface area contributed by atoms with Gasteiger partial charge in [0.05, 0.1) is 7.11 Å². The van der Waals surface area contributed by atoms with Gasteiger partial charge in [-0.3, -0.25) is 14.3 Å². The van der Waals surface area contributed by atoms with E-state index in [1.165, 1.54) is 4.57 Å². The summed E-state index contributed by atoms with van der Waals surface area (Å²) in [6, 6.07) is 12.3. The van der Waals surface area contributed by atoms with E-state index in [0.717, 1.165) is 4.68 Å². The van der Waals surface area contributed by atoms with Crippen LogP contribution in [0, 0.1) is 0 Å². The number of pyridine rings is 1. The molecule has 1 aromatic carbocycles. The van der Waals surface area contributed by atoms with Crippen molar-refractivity contribution in [2.75, 3.05) is 12.4 Å². The highest BCUT2D eigenvalue weighted by molar-refractivity contribution is 5.90. The van der Waals surface area contributed by atoms with E-state index in [1.807, 2.05) is 6.07 Å². The summed E-state index contributed by atoms with van der Waals surface area (Å²) in [6.45, 7) is -0.189. The van der Waals surface area contributed by atoms with Crippen LogP contribution in [0.1, 0.15) is 0 Å². The standard InChI is InChI=1S/C17H17N5O3/c1-21-16(14-5-3-4-10-18-14)20-22(17(21)24)11-15(23)19-12-6-8-13(25-2)9-7-12/h3-10H,11H2,1-2H3,(H,19,23). The molecule has 2 aromatic heterocycles. The molecule has 0 radical (unpaired) electrons. The highest BCUT2D eigenvalue weighted by Crippen LogP contribution is 2.15. The fraction of sp³-hybridized carbons (Fsp3) is 0.176. The smallest absolute Gasteiger partial charge is 0.346 e. The van der Waals surface area contributed by atoms with E-state index in [1.54, 1.807) is 56.8 Å². The van der Waals surface area contributed by atoms with E-state index in [2.05, 4.69) is 15.4 Å². The van der Waals surface area contributed by atoms with Gasteiger partial charge in [0.2, 0.25) is 5.91 Å². The lowest BCUT2D eigenvalue weighted by molar-refractivity contribution is -0.117. The summed E-state index contributed by atoms with van der Waals surface area (Å²) >= 11 is 0. The van der Waals surface area contributed by atoms with Crippen LogP contribution >= 0.6 is 0 Å². The fourth-order valence-electron chi connectivity index (χ4n) is 2.32. The average Bonchev–Trinajstić information content (AvgIpc) is 2.91. The van der Waals surface area contributed by atoms with E-state index >= 15 is 0 Å². The second-order valence-electron chi connectivity index (χ2n) is 5.31. The Morgan fingerprint density at radius 1 is 1.20 bits per heavy atom. The summed E-state index contributed by atoms with van der Waals surface area (Å²) < 4.78 is 7.54. The van der Waals surface area contributed by atoms with E-state index in [-0.39, 0.29) is 18.1 Å². The van der Waals surface area contributed by atoms with Crippen molar-refractivity contribution in [1.29, 1.82) is 0 Å². The maximum absolute atomic E-state index is 12.3. The minimum Gasteiger partial charge on any atom is -0.497 e. The van der Waals surface area contributed by atoms with Crippen molar-refractivity contribution < 1.29 is 9.53 Å². The lowest BCUT2D eigenvalue weighted by Crippen LogP contribution is -2.29. The third kappa shape index (κ3) is 3.57. The Labute approximate surface area is 143 Å². The lowest BCUT2D eigenvalue weighted by Gasteiger charge is -2.05. The minimum atomic E-state index is -0.384. The predicted octanol–water partition coefficient (Wildman–Crippen LogP) is 1.29. The molecule has 0 aliphatic carbocycles. The number of nitrogens with one attached hydrogen (secondary N) is 1. The molecule has 1 N–H and O–H groups in total. The molecule has 1 amide bonds. The van der Waals surface area contributed by atoms with Crippen LogP contribution in [-0.2, 0) is 18.4 Å². The number of carbonyl (C=O) groups is 1. The van der Waals surface area contributed by atoms with Crippen molar-refractivity contribution in [3.63, 3.8) is 0 Å². The summed E-state index contributed by atoms with van der Waals surface area (Å²) in [5.41, 5.74) is 0.793. The minimum absolute atomic E-state index is 0.189. The number of amides is 1. The van der Waals surface area contributed by atoms with Gasteiger partial charge in [-0.25, -0.2) is 9.48 Å². The molecular formula is C17H17N5O3. The molecule has 8 nitrogen and oxygen atoms in total. The summed E-state index contributed by atoms with van der Waals surface area (Å²) in [5, 5.41) is 6.93. The molecule has 0 aliphatic heterocycles. The van der Waals surface area contributed by atoms with Crippen LogP contribution in [0.3, 0.4) is 0 Å². The van der Waals surface area contributed by atoms with Gasteiger partial charge in [-0.1, -0.05) is 6.07 Å². The summed E-state index contributed by atoms with van der Waals surface area (Å²) in [4.78, 5) is 28.6. The number of aromatic nitrogens is 4. The molecule has 0 atom stereocenters.